The Bertz CT molecular complexity index is 772. The van der Waals surface area contributed by atoms with Gasteiger partial charge in [-0.15, -0.1) is 0 Å². The molecule has 0 atom stereocenters. The van der Waals surface area contributed by atoms with E-state index >= 15 is 0 Å². The number of ether oxygens (including phenoxy) is 1. The van der Waals surface area contributed by atoms with Crippen LogP contribution >= 0.6 is 0 Å². The van der Waals surface area contributed by atoms with Gasteiger partial charge in [0, 0.05) is 0 Å². The van der Waals surface area contributed by atoms with E-state index in [1.54, 1.807) is 19.1 Å². The number of rotatable bonds is 5. The summed E-state index contributed by atoms with van der Waals surface area (Å²) in [6.07, 6.45) is 2.40. The molecule has 1 heterocycles. The van der Waals surface area contributed by atoms with Crippen LogP contribution in [-0.2, 0) is 0 Å². The SMILES string of the molecule is [C-]#[N+]c1cc(-c2nc(C)c(C(=O)O)[se]2)ccc1OCC1CC1. The van der Waals surface area contributed by atoms with Crippen molar-refractivity contribution < 1.29 is 14.6 Å². The quantitative estimate of drug-likeness (QED) is 0.656. The van der Waals surface area contributed by atoms with Crippen LogP contribution in [0.15, 0.2) is 18.2 Å². The molecule has 1 aromatic heterocycles. The van der Waals surface area contributed by atoms with E-state index < -0.39 is 5.97 Å². The molecule has 0 amide bonds. The molecule has 0 spiro atoms. The second-order valence-electron chi connectivity index (χ2n) is 5.29. The monoisotopic (exact) mass is 362 g/mol. The third-order valence-corrected chi connectivity index (χ3v) is 5.99. The summed E-state index contributed by atoms with van der Waals surface area (Å²) in [5.41, 5.74) is 1.82. The van der Waals surface area contributed by atoms with Gasteiger partial charge in [-0.3, -0.25) is 0 Å². The topological polar surface area (TPSA) is 63.8 Å². The molecule has 22 heavy (non-hydrogen) atoms. The molecular formula is C16H14N2O3Se. The van der Waals surface area contributed by atoms with E-state index in [1.165, 1.54) is 12.8 Å². The van der Waals surface area contributed by atoms with Crippen LogP contribution in [0.1, 0.15) is 27.8 Å². The van der Waals surface area contributed by atoms with Gasteiger partial charge in [0.1, 0.15) is 0 Å². The normalized spacial score (nSPS) is 13.6. The van der Waals surface area contributed by atoms with Gasteiger partial charge in [-0.2, -0.15) is 0 Å². The van der Waals surface area contributed by atoms with Gasteiger partial charge in [0.05, 0.1) is 0 Å². The number of hydrogen-bond donors (Lipinski definition) is 1. The number of aromatic nitrogens is 1. The first-order valence-electron chi connectivity index (χ1n) is 6.94. The first kappa shape index (κ1) is 14.8. The van der Waals surface area contributed by atoms with Crippen LogP contribution < -0.4 is 4.74 Å². The number of aromatic carboxylic acids is 1. The molecule has 0 unspecified atom stereocenters. The van der Waals surface area contributed by atoms with Crippen LogP contribution in [0.2, 0.25) is 0 Å². The van der Waals surface area contributed by atoms with Crippen molar-refractivity contribution in [3.05, 3.63) is 39.7 Å². The minimum atomic E-state index is -0.911. The Hall–Kier alpha value is -2.09. The van der Waals surface area contributed by atoms with Gasteiger partial charge >= 0.3 is 134 Å². The predicted octanol–water partition coefficient (Wildman–Crippen LogP) is 3.15. The molecule has 0 bridgehead atoms. The van der Waals surface area contributed by atoms with Crippen molar-refractivity contribution in [1.29, 1.82) is 0 Å². The number of benzene rings is 1. The molecule has 1 N–H and O–H groups in total. The van der Waals surface area contributed by atoms with E-state index in [0.29, 0.717) is 34.1 Å². The second kappa shape index (κ2) is 5.96. The van der Waals surface area contributed by atoms with E-state index in [-0.39, 0.29) is 14.5 Å². The van der Waals surface area contributed by atoms with Gasteiger partial charge in [-0.1, -0.05) is 0 Å². The fourth-order valence-corrected chi connectivity index (χ4v) is 3.96. The molecule has 1 fully saturated rings. The summed E-state index contributed by atoms with van der Waals surface area (Å²) in [5.74, 6) is 0.316. The van der Waals surface area contributed by atoms with Crippen LogP contribution in [0.3, 0.4) is 0 Å². The Morgan fingerprint density at radius 1 is 1.55 bits per heavy atom. The maximum atomic E-state index is 11.1. The zero-order valence-corrected chi connectivity index (χ0v) is 13.7. The van der Waals surface area contributed by atoms with Crippen LogP contribution in [0.25, 0.3) is 15.0 Å². The molecule has 112 valence electrons. The first-order chi connectivity index (χ1) is 10.6. The van der Waals surface area contributed by atoms with Crippen molar-refractivity contribution in [2.75, 3.05) is 6.61 Å². The average molecular weight is 361 g/mol. The van der Waals surface area contributed by atoms with Gasteiger partial charge < -0.3 is 0 Å². The van der Waals surface area contributed by atoms with Gasteiger partial charge in [-0.05, 0) is 0 Å². The van der Waals surface area contributed by atoms with Crippen LogP contribution in [-0.4, -0.2) is 37.2 Å². The van der Waals surface area contributed by atoms with Crippen molar-refractivity contribution in [3.8, 4) is 15.9 Å². The summed E-state index contributed by atoms with van der Waals surface area (Å²) >= 11 is -0.328. The Labute approximate surface area is 134 Å². The molecule has 1 aliphatic rings. The molecular weight excluding hydrogens is 347 g/mol. The number of carboxylic acid groups (broad SMARTS) is 1. The summed E-state index contributed by atoms with van der Waals surface area (Å²) in [6.45, 7) is 9.68. The molecule has 2 aromatic rings. The zero-order chi connectivity index (χ0) is 15.7. The van der Waals surface area contributed by atoms with Crippen molar-refractivity contribution in [3.63, 3.8) is 0 Å². The predicted molar refractivity (Wildman–Crippen MR) is 82.8 cm³/mol. The van der Waals surface area contributed by atoms with E-state index in [0.717, 1.165) is 10.1 Å². The van der Waals surface area contributed by atoms with Crippen molar-refractivity contribution in [2.24, 2.45) is 5.92 Å². The Kier molecular flexibility index (Phi) is 4.02. The second-order valence-corrected chi connectivity index (χ2v) is 7.38. The molecule has 0 saturated heterocycles. The van der Waals surface area contributed by atoms with Gasteiger partial charge in [-0.25, -0.2) is 0 Å². The minimum absolute atomic E-state index is 0.328. The summed E-state index contributed by atoms with van der Waals surface area (Å²) in [4.78, 5) is 19.0. The zero-order valence-electron chi connectivity index (χ0n) is 12.0. The molecule has 1 aliphatic carbocycles. The van der Waals surface area contributed by atoms with Crippen molar-refractivity contribution in [1.82, 2.24) is 4.98 Å². The molecule has 5 nitrogen and oxygen atoms in total. The first-order valence-corrected chi connectivity index (χ1v) is 8.65. The summed E-state index contributed by atoms with van der Waals surface area (Å²) in [7, 11) is 0. The van der Waals surface area contributed by atoms with E-state index in [2.05, 4.69) is 9.83 Å². The standard InChI is InChI=1S/C16H14N2O3Se/c1-9-14(16(19)20)22-15(18-9)11-5-6-13(12(7-11)17-2)21-8-10-3-4-10/h5-7,10H,3-4,8H2,1H3,(H,19,20). The third-order valence-electron chi connectivity index (χ3n) is 3.49. The van der Waals surface area contributed by atoms with Crippen molar-refractivity contribution in [2.45, 2.75) is 19.8 Å². The summed E-state index contributed by atoms with van der Waals surface area (Å²) in [5, 5.41) is 9.14. The Morgan fingerprint density at radius 2 is 2.32 bits per heavy atom. The van der Waals surface area contributed by atoms with Crippen molar-refractivity contribution >= 4 is 26.2 Å². The molecule has 0 radical (unpaired) electrons. The number of aryl methyl sites for hydroxylation is 1. The fourth-order valence-electron chi connectivity index (χ4n) is 2.07. The average Bonchev–Trinajstić information content (AvgIpc) is 3.25. The Balaban J connectivity index is 1.89. The number of carboxylic acids is 1. The van der Waals surface area contributed by atoms with Crippen LogP contribution in [0.4, 0.5) is 5.69 Å². The fraction of sp³-hybridized carbons (Fsp3) is 0.312. The van der Waals surface area contributed by atoms with E-state index in [4.69, 9.17) is 16.4 Å². The molecule has 1 aromatic carbocycles. The summed E-state index contributed by atoms with van der Waals surface area (Å²) in [6, 6.07) is 5.39. The molecule has 0 aliphatic heterocycles. The van der Waals surface area contributed by atoms with Crippen LogP contribution in [0, 0.1) is 19.4 Å². The van der Waals surface area contributed by atoms with Crippen LogP contribution in [0.5, 0.6) is 5.75 Å². The third kappa shape index (κ3) is 3.06. The van der Waals surface area contributed by atoms with Gasteiger partial charge in [0.15, 0.2) is 0 Å². The van der Waals surface area contributed by atoms with Gasteiger partial charge in [0.25, 0.3) is 0 Å². The van der Waals surface area contributed by atoms with Gasteiger partial charge in [0.2, 0.25) is 0 Å². The number of nitrogens with zero attached hydrogens (tertiary/aromatic N) is 2. The number of carbonyl (C=O) groups is 1. The van der Waals surface area contributed by atoms with E-state index in [9.17, 15) is 4.79 Å². The molecule has 3 rings (SSSR count). The number of hydrogen-bond acceptors (Lipinski definition) is 3. The van der Waals surface area contributed by atoms with E-state index in [1.807, 2.05) is 6.07 Å². The summed E-state index contributed by atoms with van der Waals surface area (Å²) < 4.78 is 6.82. The molecule has 1 saturated carbocycles. The maximum absolute atomic E-state index is 11.1. The molecule has 6 heteroatoms. The Morgan fingerprint density at radius 3 is 2.91 bits per heavy atom.